The molecule has 1 N–H and O–H groups in total. The van der Waals surface area contributed by atoms with Gasteiger partial charge < -0.3 is 14.4 Å². The first-order valence-corrected chi connectivity index (χ1v) is 12.2. The van der Waals surface area contributed by atoms with E-state index in [1.165, 1.54) is 11.8 Å². The molecule has 1 amide bonds. The fourth-order valence-corrected chi connectivity index (χ4v) is 6.97. The summed E-state index contributed by atoms with van der Waals surface area (Å²) in [6.45, 7) is 3.57. The van der Waals surface area contributed by atoms with Crippen LogP contribution in [0.4, 0.5) is 8.78 Å². The van der Waals surface area contributed by atoms with E-state index in [0.29, 0.717) is 12.8 Å². The van der Waals surface area contributed by atoms with Crippen LogP contribution >= 0.6 is 11.8 Å². The predicted octanol–water partition coefficient (Wildman–Crippen LogP) is 1.07. The van der Waals surface area contributed by atoms with Crippen LogP contribution in [0.5, 0.6) is 0 Å². The highest BCUT2D eigenvalue weighted by Crippen LogP contribution is 2.61. The van der Waals surface area contributed by atoms with E-state index in [2.05, 4.69) is 4.74 Å². The minimum atomic E-state index is -5.77. The third-order valence-electron chi connectivity index (χ3n) is 6.14. The highest BCUT2D eigenvalue weighted by molar-refractivity contribution is 8.01. The number of ether oxygens (including phenoxy) is 2. The van der Waals surface area contributed by atoms with Crippen molar-refractivity contribution in [2.75, 3.05) is 6.61 Å². The molecule has 3 saturated heterocycles. The van der Waals surface area contributed by atoms with Gasteiger partial charge in [-0.1, -0.05) is 0 Å². The zero-order valence-corrected chi connectivity index (χ0v) is 18.6. The van der Waals surface area contributed by atoms with Crippen molar-refractivity contribution in [3.8, 4) is 0 Å². The van der Waals surface area contributed by atoms with Crippen LogP contribution in [-0.4, -0.2) is 75.8 Å². The van der Waals surface area contributed by atoms with Gasteiger partial charge in [-0.2, -0.15) is 17.2 Å². The molecule has 9 nitrogen and oxygen atoms in total. The van der Waals surface area contributed by atoms with Gasteiger partial charge in [0.2, 0.25) is 5.91 Å². The van der Waals surface area contributed by atoms with Gasteiger partial charge in [0.1, 0.15) is 6.10 Å². The third kappa shape index (κ3) is 3.62. The number of hydrogen-bond donors (Lipinski definition) is 1. The van der Waals surface area contributed by atoms with Crippen LogP contribution in [0.3, 0.4) is 0 Å². The first-order valence-electron chi connectivity index (χ1n) is 9.86. The molecule has 0 spiro atoms. The van der Waals surface area contributed by atoms with Crippen molar-refractivity contribution in [1.29, 1.82) is 0 Å². The monoisotopic (exact) mass is 483 g/mol. The molecule has 6 atom stereocenters. The zero-order chi connectivity index (χ0) is 23.1. The normalized spacial score (nSPS) is 34.9. The van der Waals surface area contributed by atoms with E-state index in [1.807, 2.05) is 20.8 Å². The van der Waals surface area contributed by atoms with Gasteiger partial charge in [-0.25, -0.2) is 0 Å². The van der Waals surface area contributed by atoms with Crippen LogP contribution in [-0.2, 0) is 34.0 Å². The molecule has 3 heterocycles. The topological polar surface area (TPSA) is 127 Å². The van der Waals surface area contributed by atoms with E-state index in [-0.39, 0.29) is 17.1 Å². The van der Waals surface area contributed by atoms with Gasteiger partial charge in [0.05, 0.1) is 29.0 Å². The van der Waals surface area contributed by atoms with Crippen molar-refractivity contribution < 1.29 is 45.6 Å². The van der Waals surface area contributed by atoms with Crippen LogP contribution in [0.1, 0.15) is 33.6 Å². The molecule has 174 valence electrons. The molecule has 1 saturated carbocycles. The van der Waals surface area contributed by atoms with Crippen LogP contribution in [0, 0.1) is 17.8 Å². The Kier molecular flexibility index (Phi) is 5.14. The average Bonchev–Trinajstić information content (AvgIpc) is 3.27. The van der Waals surface area contributed by atoms with E-state index in [4.69, 9.17) is 9.29 Å². The van der Waals surface area contributed by atoms with Gasteiger partial charge in [-0.3, -0.25) is 18.9 Å². The summed E-state index contributed by atoms with van der Waals surface area (Å²) in [6.07, 6.45) is 0.612. The Bertz CT molecular complexity index is 929. The number of nitrogens with zero attached hydrogens (tertiary/aromatic N) is 1. The van der Waals surface area contributed by atoms with Crippen molar-refractivity contribution in [3.05, 3.63) is 0 Å². The summed E-state index contributed by atoms with van der Waals surface area (Å²) in [6, 6.07) is -0.446. The van der Waals surface area contributed by atoms with Gasteiger partial charge in [0.25, 0.3) is 0 Å². The summed E-state index contributed by atoms with van der Waals surface area (Å²) in [5.41, 5.74) is -0.634. The number of carbonyl (C=O) groups is 3. The van der Waals surface area contributed by atoms with Crippen molar-refractivity contribution >= 4 is 39.7 Å². The quantitative estimate of drug-likeness (QED) is 0.436. The first kappa shape index (κ1) is 22.7. The smallest absolute Gasteiger partial charge is 0.402 e. The number of hydrogen-bond acceptors (Lipinski definition) is 8. The van der Waals surface area contributed by atoms with E-state index in [0.717, 1.165) is 0 Å². The number of alkyl halides is 2. The fourth-order valence-electron chi connectivity index (χ4n) is 4.68. The molecule has 6 unspecified atom stereocenters. The Balaban J connectivity index is 1.60. The lowest BCUT2D eigenvalue weighted by Gasteiger charge is -2.39. The van der Waals surface area contributed by atoms with Gasteiger partial charge >= 0.3 is 27.3 Å². The molecule has 4 fully saturated rings. The number of likely N-dealkylation sites (tertiary alicyclic amines) is 1. The summed E-state index contributed by atoms with van der Waals surface area (Å²) >= 11 is 1.30. The molecule has 4 aliphatic rings. The average molecular weight is 484 g/mol. The van der Waals surface area contributed by atoms with Crippen molar-refractivity contribution in [2.45, 2.75) is 67.1 Å². The Labute approximate surface area is 181 Å². The summed E-state index contributed by atoms with van der Waals surface area (Å²) in [4.78, 5) is 39.9. The summed E-state index contributed by atoms with van der Waals surface area (Å²) < 4.78 is 67.5. The highest BCUT2D eigenvalue weighted by atomic mass is 32.2. The number of rotatable bonds is 6. The van der Waals surface area contributed by atoms with Gasteiger partial charge in [0.15, 0.2) is 6.61 Å². The molecule has 2 bridgehead atoms. The second kappa shape index (κ2) is 7.01. The lowest BCUT2D eigenvalue weighted by molar-refractivity contribution is -0.163. The molecule has 0 aromatic rings. The molecule has 13 heteroatoms. The standard InChI is InChI=1S/C18H23F2NO8S2/c1-17(2,3)21-10-11(29-15(23)7-4-5-7)13-9(8(14(21)22)12(10)30-13)16(24)28-6-18(19,20)31(25,26)27/h7-13H,4-6H2,1-3H3,(H,25,26,27). The number of halogens is 2. The maximum absolute atomic E-state index is 13.5. The first-order chi connectivity index (χ1) is 14.1. The number of fused-ring (bicyclic) bond motifs is 1. The second-order valence-electron chi connectivity index (χ2n) is 9.38. The van der Waals surface area contributed by atoms with Gasteiger partial charge in [-0.05, 0) is 33.6 Å². The molecule has 0 aromatic carbocycles. The number of carbonyl (C=O) groups excluding carboxylic acids is 3. The summed E-state index contributed by atoms with van der Waals surface area (Å²) in [5.74, 6) is -4.16. The third-order valence-corrected chi connectivity index (χ3v) is 8.78. The number of amides is 1. The van der Waals surface area contributed by atoms with Crippen molar-refractivity contribution in [2.24, 2.45) is 17.8 Å². The SMILES string of the molecule is CC(C)(C)N1C(=O)C2C3SC(C(OC(=O)C4CC4)C31)C2C(=O)OCC(F)(F)S(=O)(=O)O. The molecule has 0 aromatic heterocycles. The van der Waals surface area contributed by atoms with E-state index >= 15 is 0 Å². The Morgan fingerprint density at radius 2 is 1.81 bits per heavy atom. The minimum Gasteiger partial charge on any atom is -0.459 e. The largest absolute Gasteiger partial charge is 0.459 e. The summed E-state index contributed by atoms with van der Waals surface area (Å²) in [7, 11) is -5.77. The Morgan fingerprint density at radius 1 is 1.19 bits per heavy atom. The lowest BCUT2D eigenvalue weighted by Crippen LogP contribution is -2.55. The molecule has 3 aliphatic heterocycles. The minimum absolute atomic E-state index is 0.209. The lowest BCUT2D eigenvalue weighted by atomic mass is 9.78. The highest BCUT2D eigenvalue weighted by Gasteiger charge is 2.73. The second-order valence-corrected chi connectivity index (χ2v) is 12.3. The Hall–Kier alpha value is -1.47. The van der Waals surface area contributed by atoms with Crippen molar-refractivity contribution in [3.63, 3.8) is 0 Å². The fraction of sp³-hybridized carbons (Fsp3) is 0.833. The van der Waals surface area contributed by atoms with Crippen LogP contribution in [0.15, 0.2) is 0 Å². The van der Waals surface area contributed by atoms with E-state index in [9.17, 15) is 31.6 Å². The maximum Gasteiger partial charge on any atom is 0.402 e. The molecule has 1 aliphatic carbocycles. The Morgan fingerprint density at radius 3 is 2.32 bits per heavy atom. The predicted molar refractivity (Wildman–Crippen MR) is 103 cm³/mol. The molecule has 0 radical (unpaired) electrons. The van der Waals surface area contributed by atoms with E-state index in [1.54, 1.807) is 4.90 Å². The molecule has 31 heavy (non-hydrogen) atoms. The molecular weight excluding hydrogens is 460 g/mol. The van der Waals surface area contributed by atoms with E-state index < -0.39 is 68.7 Å². The zero-order valence-electron chi connectivity index (χ0n) is 17.0. The van der Waals surface area contributed by atoms with Crippen molar-refractivity contribution in [1.82, 2.24) is 4.90 Å². The van der Waals surface area contributed by atoms with Crippen LogP contribution in [0.2, 0.25) is 0 Å². The number of thioether (sulfide) groups is 1. The molecular formula is C18H23F2NO8S2. The molecule has 4 rings (SSSR count). The van der Waals surface area contributed by atoms with Crippen LogP contribution in [0.25, 0.3) is 0 Å². The summed E-state index contributed by atoms with van der Waals surface area (Å²) in [5, 5.41) is -5.73. The van der Waals surface area contributed by atoms with Gasteiger partial charge in [0, 0.05) is 10.8 Å². The van der Waals surface area contributed by atoms with Crippen LogP contribution < -0.4 is 0 Å². The maximum atomic E-state index is 13.5. The number of esters is 2. The van der Waals surface area contributed by atoms with Gasteiger partial charge in [-0.15, -0.1) is 11.8 Å².